The quantitative estimate of drug-likeness (QED) is 0.847. The molecule has 0 radical (unpaired) electrons. The summed E-state index contributed by atoms with van der Waals surface area (Å²) in [5.74, 6) is 1.11. The summed E-state index contributed by atoms with van der Waals surface area (Å²) in [5.41, 5.74) is 0. The van der Waals surface area contributed by atoms with Crippen molar-refractivity contribution < 1.29 is 12.8 Å². The lowest BCUT2D eigenvalue weighted by atomic mass is 9.96. The Bertz CT molecular complexity index is 557. The summed E-state index contributed by atoms with van der Waals surface area (Å²) >= 11 is 0. The van der Waals surface area contributed by atoms with E-state index in [2.05, 4.69) is 10.0 Å². The average molecular weight is 314 g/mol. The highest BCUT2D eigenvalue weighted by Gasteiger charge is 2.25. The Morgan fingerprint density at radius 2 is 1.95 bits per heavy atom. The first kappa shape index (κ1) is 16.5. The molecule has 6 heteroatoms. The van der Waals surface area contributed by atoms with Gasteiger partial charge >= 0.3 is 0 Å². The van der Waals surface area contributed by atoms with Crippen LogP contribution in [-0.4, -0.2) is 20.5 Å². The second-order valence-electron chi connectivity index (χ2n) is 6.12. The summed E-state index contributed by atoms with van der Waals surface area (Å²) in [6, 6.07) is 2.03. The molecule has 0 aromatic carbocycles. The van der Waals surface area contributed by atoms with Crippen LogP contribution >= 0.6 is 0 Å². The largest absolute Gasteiger partial charge is 0.464 e. The van der Waals surface area contributed by atoms with Crippen LogP contribution in [0, 0.1) is 6.92 Å². The zero-order valence-corrected chi connectivity index (χ0v) is 13.9. The summed E-state index contributed by atoms with van der Waals surface area (Å²) in [5, 5.41) is 3.23. The van der Waals surface area contributed by atoms with Crippen molar-refractivity contribution in [1.29, 1.82) is 0 Å². The zero-order chi connectivity index (χ0) is 15.5. The predicted molar refractivity (Wildman–Crippen MR) is 82.6 cm³/mol. The Hall–Kier alpha value is -0.850. The summed E-state index contributed by atoms with van der Waals surface area (Å²) in [6.45, 7) is 6.32. The van der Waals surface area contributed by atoms with E-state index in [1.165, 1.54) is 6.42 Å². The van der Waals surface area contributed by atoms with Gasteiger partial charge in [-0.1, -0.05) is 33.1 Å². The third-order valence-corrected chi connectivity index (χ3v) is 5.45. The molecule has 0 spiro atoms. The highest BCUT2D eigenvalue weighted by atomic mass is 32.2. The average Bonchev–Trinajstić information content (AvgIpc) is 2.79. The van der Waals surface area contributed by atoms with Gasteiger partial charge in [0.2, 0.25) is 10.0 Å². The minimum atomic E-state index is -3.48. The van der Waals surface area contributed by atoms with Gasteiger partial charge in [0.25, 0.3) is 0 Å². The fourth-order valence-electron chi connectivity index (χ4n) is 2.69. The topological polar surface area (TPSA) is 71.3 Å². The SMILES string of the molecule is Cc1oc(CNC(C)C)cc1S(=O)(=O)NC1CCCCC1. The number of nitrogens with one attached hydrogen (secondary N) is 2. The van der Waals surface area contributed by atoms with Gasteiger partial charge in [-0.25, -0.2) is 13.1 Å². The second-order valence-corrected chi connectivity index (χ2v) is 7.81. The molecule has 1 aromatic heterocycles. The number of aryl methyl sites for hydroxylation is 1. The smallest absolute Gasteiger partial charge is 0.244 e. The van der Waals surface area contributed by atoms with E-state index in [1.54, 1.807) is 13.0 Å². The van der Waals surface area contributed by atoms with Crippen molar-refractivity contribution in [2.75, 3.05) is 0 Å². The Labute approximate surface area is 127 Å². The van der Waals surface area contributed by atoms with Crippen molar-refractivity contribution in [2.24, 2.45) is 0 Å². The molecular formula is C15H26N2O3S. The molecule has 1 fully saturated rings. The van der Waals surface area contributed by atoms with Crippen LogP contribution in [0.5, 0.6) is 0 Å². The fourth-order valence-corrected chi connectivity index (χ4v) is 4.19. The third-order valence-electron chi connectivity index (χ3n) is 3.82. The van der Waals surface area contributed by atoms with E-state index in [4.69, 9.17) is 4.42 Å². The predicted octanol–water partition coefficient (Wildman–Crippen LogP) is 2.70. The van der Waals surface area contributed by atoms with Gasteiger partial charge in [-0.2, -0.15) is 0 Å². The minimum Gasteiger partial charge on any atom is -0.464 e. The van der Waals surface area contributed by atoms with Gasteiger partial charge in [-0.3, -0.25) is 0 Å². The van der Waals surface area contributed by atoms with Crippen LogP contribution in [0.1, 0.15) is 57.5 Å². The van der Waals surface area contributed by atoms with Gasteiger partial charge < -0.3 is 9.73 Å². The van der Waals surface area contributed by atoms with Crippen LogP contribution in [0.4, 0.5) is 0 Å². The van der Waals surface area contributed by atoms with Gasteiger partial charge in [-0.15, -0.1) is 0 Å². The van der Waals surface area contributed by atoms with E-state index in [-0.39, 0.29) is 10.9 Å². The van der Waals surface area contributed by atoms with Crippen molar-refractivity contribution in [3.8, 4) is 0 Å². The second kappa shape index (κ2) is 6.94. The molecule has 5 nitrogen and oxygen atoms in total. The molecule has 0 amide bonds. The molecule has 21 heavy (non-hydrogen) atoms. The van der Waals surface area contributed by atoms with Crippen LogP contribution in [0.3, 0.4) is 0 Å². The Morgan fingerprint density at radius 3 is 2.57 bits per heavy atom. The summed E-state index contributed by atoms with van der Waals surface area (Å²) < 4.78 is 33.3. The maximum atomic E-state index is 12.5. The van der Waals surface area contributed by atoms with Crippen LogP contribution in [0.25, 0.3) is 0 Å². The maximum absolute atomic E-state index is 12.5. The third kappa shape index (κ3) is 4.56. The number of sulfonamides is 1. The van der Waals surface area contributed by atoms with Gasteiger partial charge in [0, 0.05) is 18.2 Å². The van der Waals surface area contributed by atoms with Crippen molar-refractivity contribution in [3.05, 3.63) is 17.6 Å². The molecule has 120 valence electrons. The van der Waals surface area contributed by atoms with Crippen molar-refractivity contribution in [2.45, 2.75) is 76.4 Å². The molecule has 2 N–H and O–H groups in total. The van der Waals surface area contributed by atoms with Crippen molar-refractivity contribution in [1.82, 2.24) is 10.0 Å². The first-order valence-corrected chi connectivity index (χ1v) is 9.22. The van der Waals surface area contributed by atoms with Gasteiger partial charge in [0.15, 0.2) is 0 Å². The van der Waals surface area contributed by atoms with E-state index >= 15 is 0 Å². The lowest BCUT2D eigenvalue weighted by molar-refractivity contribution is 0.411. The fraction of sp³-hybridized carbons (Fsp3) is 0.733. The molecule has 1 aliphatic rings. The van der Waals surface area contributed by atoms with Crippen LogP contribution in [-0.2, 0) is 16.6 Å². The molecule has 0 aliphatic heterocycles. The van der Waals surface area contributed by atoms with E-state index in [1.807, 2.05) is 13.8 Å². The Balaban J connectivity index is 2.08. The highest BCUT2D eigenvalue weighted by Crippen LogP contribution is 2.23. The van der Waals surface area contributed by atoms with E-state index in [9.17, 15) is 8.42 Å². The number of rotatable bonds is 6. The molecule has 0 saturated heterocycles. The molecule has 1 saturated carbocycles. The monoisotopic (exact) mass is 314 g/mol. The molecule has 0 unspecified atom stereocenters. The first-order valence-electron chi connectivity index (χ1n) is 7.73. The van der Waals surface area contributed by atoms with E-state index in [0.717, 1.165) is 25.7 Å². The lowest BCUT2D eigenvalue weighted by Crippen LogP contribution is -2.36. The number of hydrogen-bond acceptors (Lipinski definition) is 4. The number of furan rings is 1. The maximum Gasteiger partial charge on any atom is 0.244 e. The first-order chi connectivity index (χ1) is 9.88. The highest BCUT2D eigenvalue weighted by molar-refractivity contribution is 7.89. The Kier molecular flexibility index (Phi) is 5.46. The molecule has 0 bridgehead atoms. The minimum absolute atomic E-state index is 0.0651. The molecule has 1 heterocycles. The van der Waals surface area contributed by atoms with Crippen molar-refractivity contribution in [3.63, 3.8) is 0 Å². The molecule has 2 rings (SSSR count). The van der Waals surface area contributed by atoms with Crippen molar-refractivity contribution >= 4 is 10.0 Å². The normalized spacial score (nSPS) is 17.5. The van der Waals surface area contributed by atoms with Gasteiger partial charge in [0.05, 0.1) is 6.54 Å². The van der Waals surface area contributed by atoms with Crippen LogP contribution < -0.4 is 10.0 Å². The van der Waals surface area contributed by atoms with E-state index in [0.29, 0.717) is 24.1 Å². The summed E-state index contributed by atoms with van der Waals surface area (Å²) in [7, 11) is -3.48. The van der Waals surface area contributed by atoms with Gasteiger partial charge in [0.1, 0.15) is 16.4 Å². The molecule has 1 aromatic rings. The zero-order valence-electron chi connectivity index (χ0n) is 13.1. The lowest BCUT2D eigenvalue weighted by Gasteiger charge is -2.22. The standard InChI is InChI=1S/C15H26N2O3S/c1-11(2)16-10-14-9-15(12(3)20-14)21(18,19)17-13-7-5-4-6-8-13/h9,11,13,16-17H,4-8,10H2,1-3H3. The van der Waals surface area contributed by atoms with Crippen LogP contribution in [0.2, 0.25) is 0 Å². The number of hydrogen-bond donors (Lipinski definition) is 2. The molecule has 0 atom stereocenters. The summed E-state index contributed by atoms with van der Waals surface area (Å²) in [4.78, 5) is 0.272. The molecular weight excluding hydrogens is 288 g/mol. The van der Waals surface area contributed by atoms with E-state index < -0.39 is 10.0 Å². The molecule has 1 aliphatic carbocycles. The Morgan fingerprint density at radius 1 is 1.29 bits per heavy atom. The van der Waals surface area contributed by atoms with Gasteiger partial charge in [-0.05, 0) is 19.8 Å². The van der Waals surface area contributed by atoms with Crippen LogP contribution in [0.15, 0.2) is 15.4 Å². The summed E-state index contributed by atoms with van der Waals surface area (Å²) in [6.07, 6.45) is 5.26.